The van der Waals surface area contributed by atoms with Gasteiger partial charge in [-0.1, -0.05) is 30.8 Å². The minimum Gasteiger partial charge on any atom is -0.408 e. The molecule has 1 aromatic heterocycles. The first-order chi connectivity index (χ1) is 15.0. The van der Waals surface area contributed by atoms with Crippen LogP contribution in [0.1, 0.15) is 24.0 Å². The summed E-state index contributed by atoms with van der Waals surface area (Å²) in [5.41, 5.74) is 4.34. The number of likely N-dealkylation sites (tertiary alicyclic amines) is 1. The maximum Gasteiger partial charge on any atom is 0.417 e. The third-order valence-corrected chi connectivity index (χ3v) is 6.20. The van der Waals surface area contributed by atoms with Crippen LogP contribution in [0.25, 0.3) is 11.1 Å². The second-order valence-electron chi connectivity index (χ2n) is 8.17. The minimum absolute atomic E-state index is 0.0508. The van der Waals surface area contributed by atoms with Gasteiger partial charge in [-0.15, -0.1) is 0 Å². The summed E-state index contributed by atoms with van der Waals surface area (Å²) in [5.74, 6) is 0.338. The molecule has 0 saturated carbocycles. The summed E-state index contributed by atoms with van der Waals surface area (Å²) in [7, 11) is 0. The van der Waals surface area contributed by atoms with E-state index in [0.29, 0.717) is 37.2 Å². The van der Waals surface area contributed by atoms with Crippen molar-refractivity contribution >= 4 is 22.8 Å². The molecule has 0 atom stereocenters. The number of rotatable bonds is 3. The van der Waals surface area contributed by atoms with Crippen LogP contribution >= 0.6 is 0 Å². The van der Waals surface area contributed by atoms with Crippen molar-refractivity contribution in [2.45, 2.75) is 24.8 Å². The fourth-order valence-corrected chi connectivity index (χ4v) is 4.62. The predicted octanol–water partition coefficient (Wildman–Crippen LogP) is 2.85. The van der Waals surface area contributed by atoms with Crippen LogP contribution in [-0.4, -0.2) is 35.5 Å². The van der Waals surface area contributed by atoms with Crippen LogP contribution in [0.3, 0.4) is 0 Å². The van der Waals surface area contributed by atoms with Gasteiger partial charge in [0.25, 0.3) is 0 Å². The molecular formula is C23H25N5O3. The Morgan fingerprint density at radius 1 is 1.19 bits per heavy atom. The first-order valence-electron chi connectivity index (χ1n) is 10.5. The number of para-hydroxylation sites is 1. The molecule has 3 aromatic rings. The van der Waals surface area contributed by atoms with E-state index in [0.717, 1.165) is 29.9 Å². The first kappa shape index (κ1) is 19.3. The SMILES string of the molecule is C=C1Nc2ccccc2C2(CCN(C(=O)NCCc3ccc4[nH]c(=O)oc4c3)CC2)N1. The van der Waals surface area contributed by atoms with Gasteiger partial charge in [0.1, 0.15) is 0 Å². The number of urea groups is 1. The molecule has 8 heteroatoms. The number of oxazole rings is 1. The monoisotopic (exact) mass is 419 g/mol. The molecule has 1 spiro atoms. The topological polar surface area (TPSA) is 102 Å². The third-order valence-electron chi connectivity index (χ3n) is 6.20. The number of hydrogen-bond donors (Lipinski definition) is 4. The summed E-state index contributed by atoms with van der Waals surface area (Å²) in [4.78, 5) is 28.5. The third kappa shape index (κ3) is 3.65. The molecule has 0 bridgehead atoms. The van der Waals surface area contributed by atoms with E-state index in [-0.39, 0.29) is 11.6 Å². The number of carbonyl (C=O) groups excluding carboxylic acids is 1. The van der Waals surface area contributed by atoms with E-state index in [1.54, 1.807) is 0 Å². The average molecular weight is 419 g/mol. The van der Waals surface area contributed by atoms with Crippen molar-refractivity contribution in [3.05, 3.63) is 76.5 Å². The summed E-state index contributed by atoms with van der Waals surface area (Å²) in [6, 6.07) is 13.8. The molecule has 4 N–H and O–H groups in total. The number of benzene rings is 2. The zero-order chi connectivity index (χ0) is 21.4. The molecule has 1 saturated heterocycles. The zero-order valence-electron chi connectivity index (χ0n) is 17.2. The van der Waals surface area contributed by atoms with Crippen LogP contribution in [0.4, 0.5) is 10.5 Å². The fourth-order valence-electron chi connectivity index (χ4n) is 4.62. The Kier molecular flexibility index (Phi) is 4.69. The molecule has 0 aliphatic carbocycles. The molecule has 2 aliphatic rings. The number of nitrogens with one attached hydrogen (secondary N) is 4. The van der Waals surface area contributed by atoms with Crippen LogP contribution in [0.5, 0.6) is 0 Å². The van der Waals surface area contributed by atoms with Crippen LogP contribution in [0.2, 0.25) is 0 Å². The van der Waals surface area contributed by atoms with Crippen LogP contribution in [0.15, 0.2) is 64.1 Å². The highest BCUT2D eigenvalue weighted by molar-refractivity contribution is 5.75. The van der Waals surface area contributed by atoms with Crippen molar-refractivity contribution in [1.82, 2.24) is 20.5 Å². The van der Waals surface area contributed by atoms with Crippen molar-refractivity contribution in [1.29, 1.82) is 0 Å². The number of aromatic nitrogens is 1. The largest absolute Gasteiger partial charge is 0.417 e. The number of carbonyl (C=O) groups is 1. The molecule has 160 valence electrons. The smallest absolute Gasteiger partial charge is 0.408 e. The standard InChI is InChI=1S/C23H25N5O3/c1-15-25-18-5-3-2-4-17(18)23(27-15)9-12-28(13-10-23)21(29)24-11-8-16-6-7-19-20(14-16)31-22(30)26-19/h2-7,14,25,27H,1,8-13H2,(H,24,29)(H,26,30). The molecule has 1 fully saturated rings. The van der Waals surface area contributed by atoms with Crippen LogP contribution < -0.4 is 21.7 Å². The van der Waals surface area contributed by atoms with Crippen molar-refractivity contribution in [3.8, 4) is 0 Å². The lowest BCUT2D eigenvalue weighted by Gasteiger charge is -2.47. The summed E-state index contributed by atoms with van der Waals surface area (Å²) in [5, 5.41) is 9.84. The van der Waals surface area contributed by atoms with E-state index < -0.39 is 5.76 Å². The minimum atomic E-state index is -0.460. The van der Waals surface area contributed by atoms with Crippen LogP contribution in [0, 0.1) is 0 Å². The van der Waals surface area contributed by atoms with Gasteiger partial charge in [-0.25, -0.2) is 9.59 Å². The number of H-pyrrole nitrogens is 1. The molecule has 0 radical (unpaired) electrons. The van der Waals surface area contributed by atoms with Gasteiger partial charge in [0, 0.05) is 30.9 Å². The van der Waals surface area contributed by atoms with E-state index in [2.05, 4.69) is 39.6 Å². The number of amides is 2. The van der Waals surface area contributed by atoms with Crippen molar-refractivity contribution in [2.75, 3.05) is 25.0 Å². The van der Waals surface area contributed by atoms with E-state index in [9.17, 15) is 9.59 Å². The van der Waals surface area contributed by atoms with Gasteiger partial charge in [-0.2, -0.15) is 0 Å². The normalized spacial score (nSPS) is 17.2. The molecule has 31 heavy (non-hydrogen) atoms. The average Bonchev–Trinajstić information content (AvgIpc) is 3.13. The molecule has 2 aromatic carbocycles. The first-order valence-corrected chi connectivity index (χ1v) is 10.5. The molecule has 2 amide bonds. The second-order valence-corrected chi connectivity index (χ2v) is 8.17. The van der Waals surface area contributed by atoms with Gasteiger partial charge >= 0.3 is 11.8 Å². The highest BCUT2D eigenvalue weighted by atomic mass is 16.4. The van der Waals surface area contributed by atoms with E-state index >= 15 is 0 Å². The van der Waals surface area contributed by atoms with Gasteiger partial charge in [0.2, 0.25) is 0 Å². The quantitative estimate of drug-likeness (QED) is 0.523. The van der Waals surface area contributed by atoms with Gasteiger partial charge < -0.3 is 25.3 Å². The van der Waals surface area contributed by atoms with E-state index in [1.165, 1.54) is 5.56 Å². The Morgan fingerprint density at radius 3 is 2.84 bits per heavy atom. The number of nitrogens with zero attached hydrogens (tertiary/aromatic N) is 1. The lowest BCUT2D eigenvalue weighted by molar-refractivity contribution is 0.146. The van der Waals surface area contributed by atoms with Crippen molar-refractivity contribution in [3.63, 3.8) is 0 Å². The number of piperidine rings is 1. The van der Waals surface area contributed by atoms with Gasteiger partial charge in [-0.05, 0) is 43.0 Å². The van der Waals surface area contributed by atoms with E-state index in [1.807, 2.05) is 35.2 Å². The molecule has 3 heterocycles. The summed E-state index contributed by atoms with van der Waals surface area (Å²) >= 11 is 0. The summed E-state index contributed by atoms with van der Waals surface area (Å²) in [6.45, 7) is 5.92. The maximum absolute atomic E-state index is 12.7. The Hall–Kier alpha value is -3.68. The Balaban J connectivity index is 1.18. The molecule has 0 unspecified atom stereocenters. The van der Waals surface area contributed by atoms with Crippen molar-refractivity contribution < 1.29 is 9.21 Å². The molecule has 2 aliphatic heterocycles. The predicted molar refractivity (Wildman–Crippen MR) is 119 cm³/mol. The van der Waals surface area contributed by atoms with E-state index in [4.69, 9.17) is 4.42 Å². The lowest BCUT2D eigenvalue weighted by Crippen LogP contribution is -2.56. The molecule has 5 rings (SSSR count). The highest BCUT2D eigenvalue weighted by Crippen LogP contribution is 2.40. The number of aromatic amines is 1. The van der Waals surface area contributed by atoms with Gasteiger partial charge in [-0.3, -0.25) is 4.98 Å². The van der Waals surface area contributed by atoms with Gasteiger partial charge in [0.05, 0.1) is 16.9 Å². The summed E-state index contributed by atoms with van der Waals surface area (Å²) < 4.78 is 5.10. The second kappa shape index (κ2) is 7.54. The number of fused-ring (bicyclic) bond motifs is 3. The lowest BCUT2D eigenvalue weighted by atomic mass is 9.79. The summed E-state index contributed by atoms with van der Waals surface area (Å²) in [6.07, 6.45) is 2.30. The van der Waals surface area contributed by atoms with Gasteiger partial charge in [0.15, 0.2) is 5.58 Å². The molecular weight excluding hydrogens is 394 g/mol. The number of hydrogen-bond acceptors (Lipinski definition) is 5. The van der Waals surface area contributed by atoms with Crippen molar-refractivity contribution in [2.24, 2.45) is 0 Å². The number of anilines is 1. The highest BCUT2D eigenvalue weighted by Gasteiger charge is 2.41. The Bertz CT molecular complexity index is 1200. The maximum atomic E-state index is 12.7. The molecule has 8 nitrogen and oxygen atoms in total. The zero-order valence-corrected chi connectivity index (χ0v) is 17.2. The Labute approximate surface area is 179 Å². The van der Waals surface area contributed by atoms with Crippen LogP contribution in [-0.2, 0) is 12.0 Å². The fraction of sp³-hybridized carbons (Fsp3) is 0.304. The Morgan fingerprint density at radius 2 is 2.00 bits per heavy atom.